The van der Waals surface area contributed by atoms with Crippen molar-refractivity contribution in [3.63, 3.8) is 0 Å². The van der Waals surface area contributed by atoms with E-state index in [1.165, 1.54) is 12.1 Å². The molecular weight excluding hydrogens is 231 g/mol. The Balaban J connectivity index is 2.60. The Hall–Kier alpha value is -2.10. The number of nitrogens with zero attached hydrogens (tertiary/aromatic N) is 1. The van der Waals surface area contributed by atoms with E-state index >= 15 is 0 Å². The smallest absolute Gasteiger partial charge is 0.274 e. The van der Waals surface area contributed by atoms with Crippen molar-refractivity contribution in [1.82, 2.24) is 4.57 Å². The van der Waals surface area contributed by atoms with Gasteiger partial charge in [0.15, 0.2) is 0 Å². The molecule has 2 rings (SSSR count). The van der Waals surface area contributed by atoms with Crippen molar-refractivity contribution in [2.45, 2.75) is 19.9 Å². The van der Waals surface area contributed by atoms with Crippen molar-refractivity contribution in [3.05, 3.63) is 52.6 Å². The van der Waals surface area contributed by atoms with Gasteiger partial charge in [0.05, 0.1) is 11.4 Å². The zero-order valence-electron chi connectivity index (χ0n) is 10.2. The molecule has 1 aromatic carbocycles. The predicted molar refractivity (Wildman–Crippen MR) is 70.8 cm³/mol. The fraction of sp³-hybridized carbons (Fsp3) is 0.214. The summed E-state index contributed by atoms with van der Waals surface area (Å²) in [6.07, 6.45) is 0.831. The fourth-order valence-electron chi connectivity index (χ4n) is 1.91. The van der Waals surface area contributed by atoms with Crippen LogP contribution in [-0.2, 0) is 6.54 Å². The molecule has 0 aliphatic carbocycles. The second-order valence-corrected chi connectivity index (χ2v) is 4.14. The summed E-state index contributed by atoms with van der Waals surface area (Å²) in [7, 11) is 0. The highest BCUT2D eigenvalue weighted by molar-refractivity contribution is 5.61. The Morgan fingerprint density at radius 1 is 1.17 bits per heavy atom. The lowest BCUT2D eigenvalue weighted by atomic mass is 10.1. The van der Waals surface area contributed by atoms with Gasteiger partial charge in [-0.05, 0) is 48.4 Å². The van der Waals surface area contributed by atoms with E-state index in [1.807, 2.05) is 6.92 Å². The average molecular weight is 246 g/mol. The van der Waals surface area contributed by atoms with Crippen LogP contribution in [0.2, 0.25) is 0 Å². The number of nitrogen functional groups attached to an aromatic ring is 1. The van der Waals surface area contributed by atoms with Crippen molar-refractivity contribution in [2.24, 2.45) is 0 Å². The zero-order chi connectivity index (χ0) is 13.1. The third kappa shape index (κ3) is 2.27. The molecule has 94 valence electrons. The van der Waals surface area contributed by atoms with Crippen LogP contribution in [0.25, 0.3) is 11.3 Å². The van der Waals surface area contributed by atoms with Crippen LogP contribution in [0.15, 0.2) is 41.2 Å². The molecule has 1 aromatic heterocycles. The van der Waals surface area contributed by atoms with E-state index in [0.717, 1.165) is 17.7 Å². The second-order valence-electron chi connectivity index (χ2n) is 4.14. The normalized spacial score (nSPS) is 10.6. The van der Waals surface area contributed by atoms with E-state index in [0.29, 0.717) is 6.54 Å². The van der Waals surface area contributed by atoms with Crippen LogP contribution in [-0.4, -0.2) is 4.57 Å². The van der Waals surface area contributed by atoms with E-state index in [9.17, 15) is 9.18 Å². The van der Waals surface area contributed by atoms with Crippen molar-refractivity contribution in [1.29, 1.82) is 0 Å². The van der Waals surface area contributed by atoms with Gasteiger partial charge in [0.25, 0.3) is 5.56 Å². The Morgan fingerprint density at radius 2 is 1.83 bits per heavy atom. The molecule has 0 saturated heterocycles. The van der Waals surface area contributed by atoms with Gasteiger partial charge in [-0.15, -0.1) is 0 Å². The number of aromatic nitrogens is 1. The minimum atomic E-state index is -0.293. The van der Waals surface area contributed by atoms with Gasteiger partial charge in [-0.2, -0.15) is 0 Å². The molecule has 3 nitrogen and oxygen atoms in total. The Bertz CT molecular complexity index is 602. The molecule has 2 N–H and O–H groups in total. The molecule has 0 saturated carbocycles. The van der Waals surface area contributed by atoms with Gasteiger partial charge in [0, 0.05) is 6.54 Å². The maximum absolute atomic E-state index is 12.9. The van der Waals surface area contributed by atoms with Gasteiger partial charge < -0.3 is 10.3 Å². The molecule has 0 fully saturated rings. The maximum atomic E-state index is 12.9. The van der Waals surface area contributed by atoms with Crippen molar-refractivity contribution in [2.75, 3.05) is 5.73 Å². The molecule has 0 aliphatic heterocycles. The lowest BCUT2D eigenvalue weighted by molar-refractivity contribution is 0.627. The number of benzene rings is 1. The zero-order valence-corrected chi connectivity index (χ0v) is 10.2. The fourth-order valence-corrected chi connectivity index (χ4v) is 1.91. The molecule has 0 bridgehead atoms. The van der Waals surface area contributed by atoms with Crippen LogP contribution >= 0.6 is 0 Å². The van der Waals surface area contributed by atoms with Gasteiger partial charge in [-0.25, -0.2) is 4.39 Å². The molecule has 0 atom stereocenters. The number of pyridine rings is 1. The van der Waals surface area contributed by atoms with E-state index in [2.05, 4.69) is 0 Å². The standard InChI is InChI=1S/C14H15FN2O/c1-2-9-17-13(8-7-12(16)14(17)18)10-3-5-11(15)6-4-10/h3-8H,2,9,16H2,1H3. The Labute approximate surface area is 105 Å². The van der Waals surface area contributed by atoms with Crippen LogP contribution in [0.4, 0.5) is 10.1 Å². The molecular formula is C14H15FN2O. The molecule has 0 aliphatic rings. The Kier molecular flexibility index (Phi) is 3.46. The first-order valence-electron chi connectivity index (χ1n) is 5.88. The molecule has 18 heavy (non-hydrogen) atoms. The topological polar surface area (TPSA) is 48.0 Å². The minimum absolute atomic E-state index is 0.196. The highest BCUT2D eigenvalue weighted by Gasteiger charge is 2.08. The monoisotopic (exact) mass is 246 g/mol. The van der Waals surface area contributed by atoms with Crippen molar-refractivity contribution < 1.29 is 4.39 Å². The van der Waals surface area contributed by atoms with Gasteiger partial charge in [-0.3, -0.25) is 4.79 Å². The summed E-state index contributed by atoms with van der Waals surface area (Å²) in [6.45, 7) is 2.58. The van der Waals surface area contributed by atoms with E-state index < -0.39 is 0 Å². The summed E-state index contributed by atoms with van der Waals surface area (Å²) in [5.74, 6) is -0.293. The van der Waals surface area contributed by atoms with Gasteiger partial charge in [0.1, 0.15) is 5.82 Å². The Morgan fingerprint density at radius 3 is 2.44 bits per heavy atom. The summed E-state index contributed by atoms with van der Waals surface area (Å²) in [6, 6.07) is 9.46. The van der Waals surface area contributed by atoms with Crippen LogP contribution in [0.5, 0.6) is 0 Å². The molecule has 0 spiro atoms. The number of nitrogens with two attached hydrogens (primary N) is 1. The lowest BCUT2D eigenvalue weighted by Gasteiger charge is -2.12. The summed E-state index contributed by atoms with van der Waals surface area (Å²) < 4.78 is 14.5. The maximum Gasteiger partial charge on any atom is 0.274 e. The molecule has 0 unspecified atom stereocenters. The first-order valence-corrected chi connectivity index (χ1v) is 5.88. The van der Waals surface area contributed by atoms with Gasteiger partial charge in [-0.1, -0.05) is 6.92 Å². The highest BCUT2D eigenvalue weighted by atomic mass is 19.1. The second kappa shape index (κ2) is 5.04. The summed E-state index contributed by atoms with van der Waals surface area (Å²) in [5, 5.41) is 0. The van der Waals surface area contributed by atoms with E-state index in [4.69, 9.17) is 5.73 Å². The summed E-state index contributed by atoms with van der Waals surface area (Å²) in [5.41, 5.74) is 7.23. The van der Waals surface area contributed by atoms with Gasteiger partial charge >= 0.3 is 0 Å². The van der Waals surface area contributed by atoms with Crippen LogP contribution in [0.3, 0.4) is 0 Å². The van der Waals surface area contributed by atoms with Crippen molar-refractivity contribution >= 4 is 5.69 Å². The summed E-state index contributed by atoms with van der Waals surface area (Å²) >= 11 is 0. The first-order chi connectivity index (χ1) is 8.63. The lowest BCUT2D eigenvalue weighted by Crippen LogP contribution is -2.24. The van der Waals surface area contributed by atoms with E-state index in [-0.39, 0.29) is 17.1 Å². The number of hydrogen-bond donors (Lipinski definition) is 1. The van der Waals surface area contributed by atoms with Gasteiger partial charge in [0.2, 0.25) is 0 Å². The molecule has 4 heteroatoms. The quantitative estimate of drug-likeness (QED) is 0.905. The SMILES string of the molecule is CCCn1c(-c2ccc(F)cc2)ccc(N)c1=O. The third-order valence-electron chi connectivity index (χ3n) is 2.79. The predicted octanol–water partition coefficient (Wildman–Crippen LogP) is 2.65. The van der Waals surface area contributed by atoms with Crippen LogP contribution in [0.1, 0.15) is 13.3 Å². The first kappa shape index (κ1) is 12.4. The molecule has 2 aromatic rings. The molecule has 0 radical (unpaired) electrons. The largest absolute Gasteiger partial charge is 0.394 e. The van der Waals surface area contributed by atoms with Crippen LogP contribution < -0.4 is 11.3 Å². The molecule has 1 heterocycles. The number of anilines is 1. The van der Waals surface area contributed by atoms with Crippen LogP contribution in [0, 0.1) is 5.82 Å². The third-order valence-corrected chi connectivity index (χ3v) is 2.79. The average Bonchev–Trinajstić information content (AvgIpc) is 2.37. The highest BCUT2D eigenvalue weighted by Crippen LogP contribution is 2.19. The minimum Gasteiger partial charge on any atom is -0.394 e. The van der Waals surface area contributed by atoms with Crippen molar-refractivity contribution in [3.8, 4) is 11.3 Å². The summed E-state index contributed by atoms with van der Waals surface area (Å²) in [4.78, 5) is 12.0. The number of halogens is 1. The van der Waals surface area contributed by atoms with E-state index in [1.54, 1.807) is 28.8 Å². The number of rotatable bonds is 3. The number of hydrogen-bond acceptors (Lipinski definition) is 2. The molecule has 0 amide bonds.